The summed E-state index contributed by atoms with van der Waals surface area (Å²) in [7, 11) is 0. The van der Waals surface area contributed by atoms with Crippen molar-refractivity contribution in [1.82, 2.24) is 0 Å². The molecule has 0 aromatic heterocycles. The zero-order valence-electron chi connectivity index (χ0n) is 9.60. The second-order valence-corrected chi connectivity index (χ2v) is 4.42. The molecule has 0 radical (unpaired) electrons. The van der Waals surface area contributed by atoms with Crippen LogP contribution in [-0.4, -0.2) is 0 Å². The lowest BCUT2D eigenvalue weighted by Gasteiger charge is -2.15. The topological polar surface area (TPSA) is 35.2 Å². The monoisotopic (exact) mass is 225 g/mol. The number of fused-ring (bicyclic) bond motifs is 1. The molecule has 0 fully saturated rings. The highest BCUT2D eigenvalue weighted by Crippen LogP contribution is 2.34. The number of rotatable bonds is 2. The molecule has 0 bridgehead atoms. The molecule has 0 heterocycles. The van der Waals surface area contributed by atoms with E-state index >= 15 is 0 Å². The highest BCUT2D eigenvalue weighted by Gasteiger charge is 2.23. The Morgan fingerprint density at radius 1 is 1.06 bits per heavy atom. The van der Waals surface area contributed by atoms with Crippen molar-refractivity contribution in [2.24, 2.45) is 0 Å². The van der Waals surface area contributed by atoms with Crippen LogP contribution in [0.1, 0.15) is 23.7 Å². The molecule has 0 spiro atoms. The summed E-state index contributed by atoms with van der Waals surface area (Å²) in [5, 5.41) is 0. The highest BCUT2D eigenvalue weighted by molar-refractivity contribution is 5.44. The Hall–Kier alpha value is -1.96. The van der Waals surface area contributed by atoms with E-state index in [-0.39, 0.29) is 6.10 Å². The first kappa shape index (κ1) is 10.2. The van der Waals surface area contributed by atoms with Gasteiger partial charge in [0.25, 0.3) is 0 Å². The number of nitrogens with two attached hydrogens (primary N) is 1. The second-order valence-electron chi connectivity index (χ2n) is 4.42. The normalized spacial score (nSPS) is 17.8. The Bertz CT molecular complexity index is 536. The SMILES string of the molecule is Nc1cccc(OC2CCc3ccccc32)c1. The maximum atomic E-state index is 6.00. The first-order valence-electron chi connectivity index (χ1n) is 5.93. The molecular formula is C15H15NO. The Morgan fingerprint density at radius 3 is 2.82 bits per heavy atom. The molecule has 3 rings (SSSR count). The van der Waals surface area contributed by atoms with Crippen LogP contribution in [0.15, 0.2) is 48.5 Å². The number of anilines is 1. The van der Waals surface area contributed by atoms with Crippen molar-refractivity contribution in [2.45, 2.75) is 18.9 Å². The van der Waals surface area contributed by atoms with Gasteiger partial charge in [-0.25, -0.2) is 0 Å². The van der Waals surface area contributed by atoms with Crippen LogP contribution in [0.25, 0.3) is 0 Å². The van der Waals surface area contributed by atoms with Gasteiger partial charge in [0, 0.05) is 11.8 Å². The van der Waals surface area contributed by atoms with Gasteiger partial charge in [-0.15, -0.1) is 0 Å². The largest absolute Gasteiger partial charge is 0.486 e. The number of ether oxygens (including phenoxy) is 1. The number of benzene rings is 2. The molecule has 0 saturated heterocycles. The molecule has 2 aromatic rings. The molecule has 1 aliphatic carbocycles. The Kier molecular flexibility index (Phi) is 2.48. The van der Waals surface area contributed by atoms with Gasteiger partial charge < -0.3 is 10.5 Å². The predicted molar refractivity (Wildman–Crippen MR) is 69.0 cm³/mol. The zero-order valence-corrected chi connectivity index (χ0v) is 9.60. The fourth-order valence-corrected chi connectivity index (χ4v) is 2.39. The van der Waals surface area contributed by atoms with Crippen LogP contribution in [0, 0.1) is 0 Å². The average molecular weight is 225 g/mol. The van der Waals surface area contributed by atoms with Crippen molar-refractivity contribution in [1.29, 1.82) is 0 Å². The van der Waals surface area contributed by atoms with Gasteiger partial charge in [-0.05, 0) is 36.1 Å². The Balaban J connectivity index is 1.84. The molecule has 1 unspecified atom stereocenters. The third-order valence-corrected chi connectivity index (χ3v) is 3.21. The van der Waals surface area contributed by atoms with Gasteiger partial charge in [-0.1, -0.05) is 30.3 Å². The number of hydrogen-bond acceptors (Lipinski definition) is 2. The van der Waals surface area contributed by atoms with E-state index in [9.17, 15) is 0 Å². The van der Waals surface area contributed by atoms with Crippen LogP contribution in [0.3, 0.4) is 0 Å². The van der Waals surface area contributed by atoms with Crippen molar-refractivity contribution in [3.8, 4) is 5.75 Å². The van der Waals surface area contributed by atoms with E-state index in [4.69, 9.17) is 10.5 Å². The van der Waals surface area contributed by atoms with Gasteiger partial charge in [0.2, 0.25) is 0 Å². The second kappa shape index (κ2) is 4.13. The minimum absolute atomic E-state index is 0.174. The third-order valence-electron chi connectivity index (χ3n) is 3.21. The highest BCUT2D eigenvalue weighted by atomic mass is 16.5. The van der Waals surface area contributed by atoms with Crippen molar-refractivity contribution in [2.75, 3.05) is 5.73 Å². The lowest BCUT2D eigenvalue weighted by atomic mass is 10.1. The van der Waals surface area contributed by atoms with Crippen LogP contribution in [0.5, 0.6) is 5.75 Å². The molecule has 2 N–H and O–H groups in total. The summed E-state index contributed by atoms with van der Waals surface area (Å²) in [4.78, 5) is 0. The molecule has 1 aliphatic rings. The fraction of sp³-hybridized carbons (Fsp3) is 0.200. The van der Waals surface area contributed by atoms with Gasteiger partial charge in [-0.2, -0.15) is 0 Å². The van der Waals surface area contributed by atoms with E-state index in [1.807, 2.05) is 24.3 Å². The Morgan fingerprint density at radius 2 is 1.94 bits per heavy atom. The summed E-state index contributed by atoms with van der Waals surface area (Å²) in [5.74, 6) is 0.853. The Labute approximate surface area is 101 Å². The number of hydrogen-bond donors (Lipinski definition) is 1. The summed E-state index contributed by atoms with van der Waals surface area (Å²) in [6.07, 6.45) is 2.32. The van der Waals surface area contributed by atoms with Gasteiger partial charge in [0.1, 0.15) is 11.9 Å². The smallest absolute Gasteiger partial charge is 0.124 e. The minimum Gasteiger partial charge on any atom is -0.486 e. The molecule has 0 amide bonds. The lowest BCUT2D eigenvalue weighted by Crippen LogP contribution is -2.03. The predicted octanol–water partition coefficient (Wildman–Crippen LogP) is 3.34. The van der Waals surface area contributed by atoms with Crippen LogP contribution in [0.4, 0.5) is 5.69 Å². The molecule has 2 heteroatoms. The standard InChI is InChI=1S/C15H15NO/c16-12-5-3-6-13(10-12)17-15-9-8-11-4-1-2-7-14(11)15/h1-7,10,15H,8-9,16H2. The van der Waals surface area contributed by atoms with E-state index in [0.29, 0.717) is 0 Å². The van der Waals surface area contributed by atoms with E-state index < -0.39 is 0 Å². The fourth-order valence-electron chi connectivity index (χ4n) is 2.39. The van der Waals surface area contributed by atoms with Crippen molar-refractivity contribution < 1.29 is 4.74 Å². The number of nitrogen functional groups attached to an aromatic ring is 1. The first-order valence-corrected chi connectivity index (χ1v) is 5.93. The zero-order chi connectivity index (χ0) is 11.7. The molecule has 86 valence electrons. The molecule has 2 aromatic carbocycles. The summed E-state index contributed by atoms with van der Waals surface area (Å²) in [6, 6.07) is 16.1. The summed E-state index contributed by atoms with van der Waals surface area (Å²) < 4.78 is 6.00. The maximum Gasteiger partial charge on any atom is 0.124 e. The van der Waals surface area contributed by atoms with Gasteiger partial charge in [0.05, 0.1) is 0 Å². The summed E-state index contributed by atoms with van der Waals surface area (Å²) in [5.41, 5.74) is 9.21. The first-order chi connectivity index (χ1) is 8.33. The summed E-state index contributed by atoms with van der Waals surface area (Å²) >= 11 is 0. The van der Waals surface area contributed by atoms with Crippen LogP contribution >= 0.6 is 0 Å². The average Bonchev–Trinajstić information content (AvgIpc) is 2.73. The molecule has 2 nitrogen and oxygen atoms in total. The van der Waals surface area contributed by atoms with E-state index in [0.717, 1.165) is 24.3 Å². The van der Waals surface area contributed by atoms with Gasteiger partial charge >= 0.3 is 0 Å². The van der Waals surface area contributed by atoms with Crippen LogP contribution in [0.2, 0.25) is 0 Å². The minimum atomic E-state index is 0.174. The van der Waals surface area contributed by atoms with E-state index in [2.05, 4.69) is 24.3 Å². The van der Waals surface area contributed by atoms with Crippen molar-refractivity contribution in [3.63, 3.8) is 0 Å². The summed E-state index contributed by atoms with van der Waals surface area (Å²) in [6.45, 7) is 0. The van der Waals surface area contributed by atoms with Gasteiger partial charge in [-0.3, -0.25) is 0 Å². The molecule has 17 heavy (non-hydrogen) atoms. The third kappa shape index (κ3) is 1.98. The lowest BCUT2D eigenvalue weighted by molar-refractivity contribution is 0.208. The van der Waals surface area contributed by atoms with E-state index in [1.54, 1.807) is 0 Å². The molecule has 0 saturated carbocycles. The van der Waals surface area contributed by atoms with Crippen molar-refractivity contribution in [3.05, 3.63) is 59.7 Å². The van der Waals surface area contributed by atoms with Gasteiger partial charge in [0.15, 0.2) is 0 Å². The van der Waals surface area contributed by atoms with Crippen LogP contribution < -0.4 is 10.5 Å². The molecule has 1 atom stereocenters. The quantitative estimate of drug-likeness (QED) is 0.795. The maximum absolute atomic E-state index is 6.00. The van der Waals surface area contributed by atoms with Crippen molar-refractivity contribution >= 4 is 5.69 Å². The molecular weight excluding hydrogens is 210 g/mol. The molecule has 0 aliphatic heterocycles. The van der Waals surface area contributed by atoms with E-state index in [1.165, 1.54) is 11.1 Å². The van der Waals surface area contributed by atoms with Crippen LogP contribution in [-0.2, 0) is 6.42 Å². The number of aryl methyl sites for hydroxylation is 1.